The molecule has 0 spiro atoms. The SMILES string of the molecule is COC(=O)[C@H](Cc1ccc2c(c1)OCO2)NC(=O)OC(C)(C)C. The zero-order chi connectivity index (χ0) is 17.0. The summed E-state index contributed by atoms with van der Waals surface area (Å²) in [4.78, 5) is 23.8. The Balaban J connectivity index is 2.07. The molecule has 1 aromatic rings. The molecule has 0 saturated carbocycles. The molecule has 0 fully saturated rings. The topological polar surface area (TPSA) is 83.1 Å². The molecule has 7 heteroatoms. The van der Waals surface area contributed by atoms with Crippen molar-refractivity contribution < 1.29 is 28.5 Å². The van der Waals surface area contributed by atoms with Crippen LogP contribution in [-0.4, -0.2) is 37.6 Å². The van der Waals surface area contributed by atoms with E-state index in [1.165, 1.54) is 7.11 Å². The van der Waals surface area contributed by atoms with E-state index in [1.807, 2.05) is 0 Å². The van der Waals surface area contributed by atoms with Crippen LogP contribution >= 0.6 is 0 Å². The Morgan fingerprint density at radius 2 is 1.96 bits per heavy atom. The fourth-order valence-corrected chi connectivity index (χ4v) is 2.09. The highest BCUT2D eigenvalue weighted by Gasteiger charge is 2.26. The lowest BCUT2D eigenvalue weighted by Crippen LogP contribution is -2.45. The third-order valence-electron chi connectivity index (χ3n) is 3.05. The molecule has 1 N–H and O–H groups in total. The van der Waals surface area contributed by atoms with Gasteiger partial charge in [-0.2, -0.15) is 0 Å². The summed E-state index contributed by atoms with van der Waals surface area (Å²) < 4.78 is 20.5. The Morgan fingerprint density at radius 3 is 2.61 bits per heavy atom. The number of esters is 1. The van der Waals surface area contributed by atoms with Gasteiger partial charge in [-0.05, 0) is 38.5 Å². The fraction of sp³-hybridized carbons (Fsp3) is 0.500. The standard InChI is InChI=1S/C16H21NO6/c1-16(2,3)23-15(19)17-11(14(18)20-4)7-10-5-6-12-13(8-10)22-9-21-12/h5-6,8,11H,7,9H2,1-4H3,(H,17,19)/t11-/m0/s1. The molecule has 1 amide bonds. The van der Waals surface area contributed by atoms with Crippen molar-refractivity contribution in [2.24, 2.45) is 0 Å². The maximum Gasteiger partial charge on any atom is 0.408 e. The maximum absolute atomic E-state index is 11.9. The van der Waals surface area contributed by atoms with E-state index in [1.54, 1.807) is 39.0 Å². The summed E-state index contributed by atoms with van der Waals surface area (Å²) in [5, 5.41) is 2.53. The van der Waals surface area contributed by atoms with Gasteiger partial charge in [0.15, 0.2) is 11.5 Å². The molecule has 1 aliphatic rings. The molecule has 0 radical (unpaired) electrons. The van der Waals surface area contributed by atoms with Crippen LogP contribution in [0, 0.1) is 0 Å². The number of fused-ring (bicyclic) bond motifs is 1. The lowest BCUT2D eigenvalue weighted by atomic mass is 10.1. The quantitative estimate of drug-likeness (QED) is 0.854. The summed E-state index contributed by atoms with van der Waals surface area (Å²) in [6.45, 7) is 5.42. The average molecular weight is 323 g/mol. The number of nitrogens with one attached hydrogen (secondary N) is 1. The molecule has 23 heavy (non-hydrogen) atoms. The monoisotopic (exact) mass is 323 g/mol. The van der Waals surface area contributed by atoms with Crippen molar-refractivity contribution in [1.29, 1.82) is 0 Å². The lowest BCUT2D eigenvalue weighted by Gasteiger charge is -2.22. The highest BCUT2D eigenvalue weighted by atomic mass is 16.7. The molecule has 1 heterocycles. The summed E-state index contributed by atoms with van der Waals surface area (Å²) in [7, 11) is 1.27. The van der Waals surface area contributed by atoms with Crippen molar-refractivity contribution in [2.75, 3.05) is 13.9 Å². The molecule has 0 aromatic heterocycles. The molecule has 0 bridgehead atoms. The van der Waals surface area contributed by atoms with E-state index in [0.717, 1.165) is 5.56 Å². The van der Waals surface area contributed by atoms with Crippen LogP contribution in [0.5, 0.6) is 11.5 Å². The van der Waals surface area contributed by atoms with Crippen molar-refractivity contribution >= 4 is 12.1 Å². The number of ether oxygens (including phenoxy) is 4. The minimum absolute atomic E-state index is 0.176. The maximum atomic E-state index is 11.9. The number of benzene rings is 1. The number of hydrogen-bond donors (Lipinski definition) is 1. The molecule has 7 nitrogen and oxygen atoms in total. The van der Waals surface area contributed by atoms with Gasteiger partial charge in [0, 0.05) is 6.42 Å². The zero-order valence-corrected chi connectivity index (χ0v) is 13.7. The van der Waals surface area contributed by atoms with Crippen LogP contribution < -0.4 is 14.8 Å². The Hall–Kier alpha value is -2.44. The Bertz CT molecular complexity index is 593. The summed E-state index contributed by atoms with van der Waals surface area (Å²) in [5.74, 6) is 0.723. The van der Waals surface area contributed by atoms with Gasteiger partial charge < -0.3 is 24.3 Å². The van der Waals surface area contributed by atoms with Crippen LogP contribution in [-0.2, 0) is 20.7 Å². The second-order valence-electron chi connectivity index (χ2n) is 6.11. The van der Waals surface area contributed by atoms with Crippen molar-refractivity contribution in [1.82, 2.24) is 5.32 Å². The normalized spacial score (nSPS) is 14.1. The predicted octanol–water partition coefficient (Wildman–Crippen LogP) is 2.02. The van der Waals surface area contributed by atoms with Gasteiger partial charge >= 0.3 is 12.1 Å². The third kappa shape index (κ3) is 4.77. The first-order valence-electron chi connectivity index (χ1n) is 7.24. The van der Waals surface area contributed by atoms with Gasteiger partial charge in [-0.25, -0.2) is 9.59 Å². The summed E-state index contributed by atoms with van der Waals surface area (Å²) in [6.07, 6.45) is -0.420. The molecule has 2 rings (SSSR count). The number of carbonyl (C=O) groups excluding carboxylic acids is 2. The summed E-state index contributed by atoms with van der Waals surface area (Å²) in [5.41, 5.74) is 0.157. The summed E-state index contributed by atoms with van der Waals surface area (Å²) >= 11 is 0. The van der Waals surface area contributed by atoms with E-state index in [-0.39, 0.29) is 13.2 Å². The van der Waals surface area contributed by atoms with E-state index in [2.05, 4.69) is 5.32 Å². The Morgan fingerprint density at radius 1 is 1.26 bits per heavy atom. The molecule has 0 unspecified atom stereocenters. The van der Waals surface area contributed by atoms with Crippen molar-refractivity contribution in [3.63, 3.8) is 0 Å². The third-order valence-corrected chi connectivity index (χ3v) is 3.05. The van der Waals surface area contributed by atoms with Gasteiger partial charge in [0.25, 0.3) is 0 Å². The zero-order valence-electron chi connectivity index (χ0n) is 13.7. The lowest BCUT2D eigenvalue weighted by molar-refractivity contribution is -0.143. The smallest absolute Gasteiger partial charge is 0.408 e. The van der Waals surface area contributed by atoms with Crippen molar-refractivity contribution in [2.45, 2.75) is 38.8 Å². The van der Waals surface area contributed by atoms with Crippen LogP contribution in [0.4, 0.5) is 4.79 Å². The first-order valence-corrected chi connectivity index (χ1v) is 7.24. The van der Waals surface area contributed by atoms with Gasteiger partial charge in [0.05, 0.1) is 7.11 Å². The Kier molecular flexibility index (Phi) is 4.98. The molecule has 126 valence electrons. The highest BCUT2D eigenvalue weighted by Crippen LogP contribution is 2.32. The van der Waals surface area contributed by atoms with E-state index in [9.17, 15) is 9.59 Å². The number of methoxy groups -OCH3 is 1. The minimum Gasteiger partial charge on any atom is -0.467 e. The van der Waals surface area contributed by atoms with Crippen LogP contribution in [0.2, 0.25) is 0 Å². The molecule has 1 aliphatic heterocycles. The number of rotatable bonds is 4. The van der Waals surface area contributed by atoms with Crippen molar-refractivity contribution in [3.05, 3.63) is 23.8 Å². The van der Waals surface area contributed by atoms with Gasteiger partial charge in [-0.1, -0.05) is 6.07 Å². The minimum atomic E-state index is -0.852. The summed E-state index contributed by atoms with van der Waals surface area (Å²) in [6, 6.07) is 4.49. The number of hydrogen-bond acceptors (Lipinski definition) is 6. The number of amides is 1. The van der Waals surface area contributed by atoms with E-state index in [4.69, 9.17) is 18.9 Å². The first-order chi connectivity index (χ1) is 10.8. The fourth-order valence-electron chi connectivity index (χ4n) is 2.09. The van der Waals surface area contributed by atoms with E-state index < -0.39 is 23.7 Å². The highest BCUT2D eigenvalue weighted by molar-refractivity contribution is 5.81. The Labute approximate surface area is 134 Å². The van der Waals surface area contributed by atoms with Gasteiger partial charge in [0.1, 0.15) is 11.6 Å². The van der Waals surface area contributed by atoms with Crippen LogP contribution in [0.25, 0.3) is 0 Å². The molecule has 0 saturated heterocycles. The first kappa shape index (κ1) is 16.9. The number of alkyl carbamates (subject to hydrolysis) is 1. The van der Waals surface area contributed by atoms with Crippen molar-refractivity contribution in [3.8, 4) is 11.5 Å². The van der Waals surface area contributed by atoms with E-state index in [0.29, 0.717) is 11.5 Å². The second-order valence-corrected chi connectivity index (χ2v) is 6.11. The molecule has 0 aliphatic carbocycles. The van der Waals surface area contributed by atoms with Crippen LogP contribution in [0.1, 0.15) is 26.3 Å². The van der Waals surface area contributed by atoms with Gasteiger partial charge in [-0.3, -0.25) is 0 Å². The largest absolute Gasteiger partial charge is 0.467 e. The van der Waals surface area contributed by atoms with Gasteiger partial charge in [-0.15, -0.1) is 0 Å². The second kappa shape index (κ2) is 6.76. The van der Waals surface area contributed by atoms with Crippen LogP contribution in [0.15, 0.2) is 18.2 Å². The van der Waals surface area contributed by atoms with Crippen LogP contribution in [0.3, 0.4) is 0 Å². The van der Waals surface area contributed by atoms with E-state index >= 15 is 0 Å². The molecule has 1 atom stereocenters. The number of carbonyl (C=O) groups is 2. The molecular formula is C16H21NO6. The molecule has 1 aromatic carbocycles. The molecular weight excluding hydrogens is 302 g/mol. The van der Waals surface area contributed by atoms with Gasteiger partial charge in [0.2, 0.25) is 6.79 Å². The predicted molar refractivity (Wildman–Crippen MR) is 81.4 cm³/mol. The average Bonchev–Trinajstić information content (AvgIpc) is 2.91.